The van der Waals surface area contributed by atoms with E-state index in [1.165, 1.54) is 6.07 Å². The fraction of sp³-hybridized carbons (Fsp3) is 0.529. The molecule has 3 heterocycles. The maximum absolute atomic E-state index is 12.9. The van der Waals surface area contributed by atoms with E-state index in [1.54, 1.807) is 12.3 Å². The number of rotatable bonds is 1. The van der Waals surface area contributed by atoms with Crippen LogP contribution in [0, 0.1) is 5.95 Å². The molecule has 1 saturated heterocycles. The normalized spacial score (nSPS) is 24.2. The van der Waals surface area contributed by atoms with Crippen molar-refractivity contribution in [3.05, 3.63) is 35.9 Å². The van der Waals surface area contributed by atoms with Gasteiger partial charge < -0.3 is 4.74 Å². The maximum Gasteiger partial charge on any atom is 0.411 e. The highest BCUT2D eigenvalue weighted by Gasteiger charge is 2.41. The number of hydrogen-bond acceptors (Lipinski definition) is 3. The van der Waals surface area contributed by atoms with Crippen LogP contribution in [0.15, 0.2) is 24.4 Å². The standard InChI is InChI=1S/C17H21FN2O2/c1-17(2,3)22-16(21)20-13-5-6-14(20)9-12(8-13)11-4-7-15(18)19-10-11/h4,7-8,10,13-14H,5-6,9H2,1-3H3. The molecule has 0 aliphatic carbocycles. The molecule has 0 radical (unpaired) electrons. The van der Waals surface area contributed by atoms with Gasteiger partial charge in [-0.15, -0.1) is 0 Å². The summed E-state index contributed by atoms with van der Waals surface area (Å²) < 4.78 is 18.5. The molecule has 0 spiro atoms. The molecule has 118 valence electrons. The van der Waals surface area contributed by atoms with Crippen LogP contribution >= 0.6 is 0 Å². The number of ether oxygens (including phenoxy) is 1. The minimum atomic E-state index is -0.485. The van der Waals surface area contributed by atoms with Crippen LogP contribution in [0.25, 0.3) is 5.57 Å². The summed E-state index contributed by atoms with van der Waals surface area (Å²) in [7, 11) is 0. The first kappa shape index (κ1) is 15.0. The average molecular weight is 304 g/mol. The van der Waals surface area contributed by atoms with Crippen LogP contribution < -0.4 is 0 Å². The summed E-state index contributed by atoms with van der Waals surface area (Å²) in [4.78, 5) is 17.9. The number of carbonyl (C=O) groups is 1. The predicted octanol–water partition coefficient (Wildman–Crippen LogP) is 3.78. The Balaban J connectivity index is 1.80. The number of carbonyl (C=O) groups excluding carboxylic acids is 1. The summed E-state index contributed by atoms with van der Waals surface area (Å²) in [5.41, 5.74) is 1.59. The van der Waals surface area contributed by atoms with Crippen LogP contribution in [0.2, 0.25) is 0 Å². The van der Waals surface area contributed by atoms with Crippen LogP contribution in [0.4, 0.5) is 9.18 Å². The molecule has 22 heavy (non-hydrogen) atoms. The first-order valence-electron chi connectivity index (χ1n) is 7.67. The molecule has 5 heteroatoms. The lowest BCUT2D eigenvalue weighted by Crippen LogP contribution is -2.45. The van der Waals surface area contributed by atoms with Gasteiger partial charge in [0, 0.05) is 12.2 Å². The molecule has 0 aromatic carbocycles. The van der Waals surface area contributed by atoms with Crippen LogP contribution in [-0.2, 0) is 4.74 Å². The Labute approximate surface area is 130 Å². The van der Waals surface area contributed by atoms with Crippen molar-refractivity contribution in [2.45, 2.75) is 57.7 Å². The first-order chi connectivity index (χ1) is 10.3. The minimum absolute atomic E-state index is 0.0636. The fourth-order valence-electron chi connectivity index (χ4n) is 3.21. The SMILES string of the molecule is CC(C)(C)OC(=O)N1C2C=C(c3ccc(F)nc3)CC1CC2. The van der Waals surface area contributed by atoms with Crippen molar-refractivity contribution >= 4 is 11.7 Å². The smallest absolute Gasteiger partial charge is 0.411 e. The molecule has 1 aromatic rings. The Morgan fingerprint density at radius 1 is 1.36 bits per heavy atom. The zero-order chi connectivity index (χ0) is 15.9. The van der Waals surface area contributed by atoms with Crippen LogP contribution in [0.1, 0.15) is 45.6 Å². The quantitative estimate of drug-likeness (QED) is 0.742. The Hall–Kier alpha value is -1.91. The molecule has 2 bridgehead atoms. The van der Waals surface area contributed by atoms with E-state index in [0.717, 1.165) is 30.4 Å². The predicted molar refractivity (Wildman–Crippen MR) is 81.7 cm³/mol. The van der Waals surface area contributed by atoms with Gasteiger partial charge in [0.1, 0.15) is 5.60 Å². The number of nitrogens with zero attached hydrogens (tertiary/aromatic N) is 2. The molecule has 1 aromatic heterocycles. The molecule has 2 aliphatic heterocycles. The Morgan fingerprint density at radius 2 is 2.14 bits per heavy atom. The third-order valence-electron chi connectivity index (χ3n) is 4.10. The number of halogens is 1. The monoisotopic (exact) mass is 304 g/mol. The van der Waals surface area contributed by atoms with Crippen molar-refractivity contribution in [3.63, 3.8) is 0 Å². The van der Waals surface area contributed by atoms with E-state index in [-0.39, 0.29) is 18.2 Å². The summed E-state index contributed by atoms with van der Waals surface area (Å²) in [5, 5.41) is 0. The van der Waals surface area contributed by atoms with Gasteiger partial charge in [-0.05, 0) is 63.3 Å². The van der Waals surface area contributed by atoms with E-state index < -0.39 is 11.5 Å². The Morgan fingerprint density at radius 3 is 2.73 bits per heavy atom. The van der Waals surface area contributed by atoms with Crippen LogP contribution in [0.3, 0.4) is 0 Å². The zero-order valence-corrected chi connectivity index (χ0v) is 13.2. The van der Waals surface area contributed by atoms with Gasteiger partial charge in [0.05, 0.1) is 6.04 Å². The van der Waals surface area contributed by atoms with Gasteiger partial charge in [0.2, 0.25) is 5.95 Å². The zero-order valence-electron chi connectivity index (χ0n) is 13.2. The lowest BCUT2D eigenvalue weighted by atomic mass is 9.96. The summed E-state index contributed by atoms with van der Waals surface area (Å²) in [6.45, 7) is 5.63. The second-order valence-corrected chi connectivity index (χ2v) is 6.95. The summed E-state index contributed by atoms with van der Waals surface area (Å²) in [6, 6.07) is 3.34. The van der Waals surface area contributed by atoms with E-state index in [2.05, 4.69) is 11.1 Å². The van der Waals surface area contributed by atoms with Crippen molar-refractivity contribution in [1.82, 2.24) is 9.88 Å². The van der Waals surface area contributed by atoms with Crippen molar-refractivity contribution < 1.29 is 13.9 Å². The molecule has 1 amide bonds. The third kappa shape index (κ3) is 2.98. The van der Waals surface area contributed by atoms with E-state index in [4.69, 9.17) is 4.74 Å². The molecule has 1 fully saturated rings. The summed E-state index contributed by atoms with van der Waals surface area (Å²) in [6.07, 6.45) is 6.10. The van der Waals surface area contributed by atoms with Crippen LogP contribution in [-0.4, -0.2) is 33.7 Å². The Kier molecular flexibility index (Phi) is 3.67. The lowest BCUT2D eigenvalue weighted by Gasteiger charge is -2.35. The van der Waals surface area contributed by atoms with Gasteiger partial charge >= 0.3 is 6.09 Å². The van der Waals surface area contributed by atoms with Gasteiger partial charge in [-0.25, -0.2) is 9.78 Å². The van der Waals surface area contributed by atoms with E-state index >= 15 is 0 Å². The molecule has 0 N–H and O–H groups in total. The first-order valence-corrected chi connectivity index (χ1v) is 7.67. The van der Waals surface area contributed by atoms with Gasteiger partial charge in [-0.3, -0.25) is 4.90 Å². The van der Waals surface area contributed by atoms with Crippen LogP contribution in [0.5, 0.6) is 0 Å². The second-order valence-electron chi connectivity index (χ2n) is 6.95. The van der Waals surface area contributed by atoms with Gasteiger partial charge in [-0.1, -0.05) is 6.08 Å². The van der Waals surface area contributed by atoms with E-state index in [9.17, 15) is 9.18 Å². The average Bonchev–Trinajstić information content (AvgIpc) is 2.69. The molecular weight excluding hydrogens is 283 g/mol. The lowest BCUT2D eigenvalue weighted by molar-refractivity contribution is 0.0175. The second kappa shape index (κ2) is 5.38. The molecule has 2 atom stereocenters. The van der Waals surface area contributed by atoms with Crippen molar-refractivity contribution in [2.24, 2.45) is 0 Å². The number of aromatic nitrogens is 1. The van der Waals surface area contributed by atoms with Crippen molar-refractivity contribution in [2.75, 3.05) is 0 Å². The van der Waals surface area contributed by atoms with Gasteiger partial charge in [0.25, 0.3) is 0 Å². The number of amides is 1. The number of fused-ring (bicyclic) bond motifs is 2. The molecular formula is C17H21FN2O2. The Bertz CT molecular complexity index is 604. The largest absolute Gasteiger partial charge is 0.444 e. The topological polar surface area (TPSA) is 42.4 Å². The number of pyridine rings is 1. The maximum atomic E-state index is 12.9. The van der Waals surface area contributed by atoms with E-state index in [0.29, 0.717) is 0 Å². The van der Waals surface area contributed by atoms with E-state index in [1.807, 2.05) is 25.7 Å². The van der Waals surface area contributed by atoms with Crippen molar-refractivity contribution in [1.29, 1.82) is 0 Å². The molecule has 0 saturated carbocycles. The fourth-order valence-corrected chi connectivity index (χ4v) is 3.21. The molecule has 4 nitrogen and oxygen atoms in total. The molecule has 2 aliphatic rings. The third-order valence-corrected chi connectivity index (χ3v) is 4.10. The van der Waals surface area contributed by atoms with Crippen molar-refractivity contribution in [3.8, 4) is 0 Å². The molecule has 3 rings (SSSR count). The highest BCUT2D eigenvalue weighted by atomic mass is 19.1. The van der Waals surface area contributed by atoms with Gasteiger partial charge in [-0.2, -0.15) is 4.39 Å². The molecule has 2 unspecified atom stereocenters. The summed E-state index contributed by atoms with van der Waals surface area (Å²) >= 11 is 0. The number of hydrogen-bond donors (Lipinski definition) is 0. The minimum Gasteiger partial charge on any atom is -0.444 e. The highest BCUT2D eigenvalue weighted by Crippen LogP contribution is 2.39. The highest BCUT2D eigenvalue weighted by molar-refractivity contribution is 5.75. The summed E-state index contributed by atoms with van der Waals surface area (Å²) in [5.74, 6) is -0.474. The van der Waals surface area contributed by atoms with Gasteiger partial charge in [0.15, 0.2) is 0 Å².